The van der Waals surface area contributed by atoms with E-state index in [0.29, 0.717) is 16.6 Å². The molecule has 47 heavy (non-hydrogen) atoms. The average Bonchev–Trinajstić information content (AvgIpc) is 3.33. The number of fused-ring (bicyclic) bond motifs is 2. The summed E-state index contributed by atoms with van der Waals surface area (Å²) in [5, 5.41) is 14.9. The number of nitrogens with one attached hydrogen (secondary N) is 1. The highest BCUT2D eigenvalue weighted by atomic mass is 19.4. The van der Waals surface area contributed by atoms with Crippen LogP contribution in [0.4, 0.5) is 19.0 Å². The average molecular weight is 642 g/mol. The van der Waals surface area contributed by atoms with E-state index in [4.69, 9.17) is 0 Å². The lowest BCUT2D eigenvalue weighted by Gasteiger charge is -2.70. The third kappa shape index (κ3) is 5.21. The van der Waals surface area contributed by atoms with Gasteiger partial charge >= 0.3 is 6.18 Å². The lowest BCUT2D eigenvalue weighted by Crippen LogP contribution is -2.75. The van der Waals surface area contributed by atoms with E-state index in [2.05, 4.69) is 54.8 Å². The second-order valence-corrected chi connectivity index (χ2v) is 15.0. The lowest BCUT2D eigenvalue weighted by molar-refractivity contribution is -0.170. The Balaban J connectivity index is 0.915. The van der Waals surface area contributed by atoms with Crippen LogP contribution in [0.2, 0.25) is 0 Å². The van der Waals surface area contributed by atoms with Crippen molar-refractivity contribution in [2.45, 2.75) is 77.2 Å². The molecule has 3 aliphatic carbocycles. The van der Waals surface area contributed by atoms with Crippen molar-refractivity contribution in [1.82, 2.24) is 24.8 Å². The fourth-order valence-corrected chi connectivity index (χ4v) is 9.30. The molecule has 4 aromatic rings. The molecule has 2 aliphatic heterocycles. The van der Waals surface area contributed by atoms with Crippen LogP contribution >= 0.6 is 0 Å². The molecule has 4 heterocycles. The SMILES string of the molecule is CC(=O)NC12CC(Cn3c(C#N)cc4c(C)c(CN5CCC6(CC5)CN(c5ncnc7ccc(CC(F)(F)F)cc57)C6)ccc43)(C1)C2. The van der Waals surface area contributed by atoms with Crippen molar-refractivity contribution in [2.24, 2.45) is 10.8 Å². The topological polar surface area (TPSA) is 90.1 Å². The summed E-state index contributed by atoms with van der Waals surface area (Å²) < 4.78 is 41.3. The van der Waals surface area contributed by atoms with E-state index in [9.17, 15) is 23.2 Å². The first kappa shape index (κ1) is 30.2. The molecule has 1 spiro atoms. The quantitative estimate of drug-likeness (QED) is 0.265. The highest BCUT2D eigenvalue weighted by Gasteiger charge is 2.68. The number of amides is 1. The lowest BCUT2D eigenvalue weighted by atomic mass is 9.39. The van der Waals surface area contributed by atoms with E-state index in [1.807, 2.05) is 6.07 Å². The van der Waals surface area contributed by atoms with Crippen molar-refractivity contribution < 1.29 is 18.0 Å². The van der Waals surface area contributed by atoms with Crippen molar-refractivity contribution in [3.63, 3.8) is 0 Å². The van der Waals surface area contributed by atoms with E-state index in [1.54, 1.807) is 19.1 Å². The van der Waals surface area contributed by atoms with Gasteiger partial charge < -0.3 is 14.8 Å². The molecule has 2 bridgehead atoms. The Morgan fingerprint density at radius 1 is 1.04 bits per heavy atom. The highest BCUT2D eigenvalue weighted by molar-refractivity contribution is 5.90. The molecule has 244 valence electrons. The molecule has 2 aromatic heterocycles. The van der Waals surface area contributed by atoms with E-state index in [-0.39, 0.29) is 27.8 Å². The number of alkyl halides is 3. The molecule has 11 heteroatoms. The smallest absolute Gasteiger partial charge is 0.355 e. The molecular weight excluding hydrogens is 603 g/mol. The van der Waals surface area contributed by atoms with Crippen LogP contribution < -0.4 is 10.2 Å². The zero-order chi connectivity index (χ0) is 32.8. The van der Waals surface area contributed by atoms with Gasteiger partial charge in [0.2, 0.25) is 5.91 Å². The number of aryl methyl sites for hydroxylation is 1. The van der Waals surface area contributed by atoms with Gasteiger partial charge in [-0.25, -0.2) is 9.97 Å². The van der Waals surface area contributed by atoms with Gasteiger partial charge in [-0.3, -0.25) is 9.69 Å². The van der Waals surface area contributed by atoms with Gasteiger partial charge in [-0.15, -0.1) is 0 Å². The molecule has 2 saturated heterocycles. The zero-order valence-electron chi connectivity index (χ0n) is 26.8. The van der Waals surface area contributed by atoms with E-state index in [1.165, 1.54) is 23.5 Å². The molecule has 1 amide bonds. The standard InChI is InChI=1S/C36H38F3N7O/c1-23-26(4-6-31-28(23)12-27(14-40)46(31)21-34-16-35(17-34,18-34)43-24(2)47)15-44-9-7-33(8-10-44)19-45(20-33)32-29-11-25(13-36(37,38)39)3-5-30(29)41-22-42-32/h3-6,11-12,22H,7-10,13,15-21H2,1-2H3,(H,43,47). The maximum absolute atomic E-state index is 13.1. The monoisotopic (exact) mass is 641 g/mol. The van der Waals surface area contributed by atoms with Crippen molar-refractivity contribution in [3.8, 4) is 6.07 Å². The van der Waals surface area contributed by atoms with Gasteiger partial charge in [-0.05, 0) is 98.5 Å². The Kier molecular flexibility index (Phi) is 6.69. The predicted octanol–water partition coefficient (Wildman–Crippen LogP) is 6.03. The molecule has 0 atom stereocenters. The number of carbonyl (C=O) groups excluding carboxylic acids is 1. The van der Waals surface area contributed by atoms with Crippen molar-refractivity contribution >= 4 is 33.5 Å². The van der Waals surface area contributed by atoms with Crippen LogP contribution in [0.25, 0.3) is 21.8 Å². The number of hydrogen-bond acceptors (Lipinski definition) is 6. The Hall–Kier alpha value is -4.17. The largest absolute Gasteiger partial charge is 0.393 e. The summed E-state index contributed by atoms with van der Waals surface area (Å²) in [5.41, 5.74) is 5.53. The van der Waals surface area contributed by atoms with E-state index < -0.39 is 12.6 Å². The minimum absolute atomic E-state index is 0.0244. The van der Waals surface area contributed by atoms with Crippen LogP contribution in [0.15, 0.2) is 42.7 Å². The number of anilines is 1. The minimum atomic E-state index is -4.26. The third-order valence-corrected chi connectivity index (χ3v) is 11.4. The third-order valence-electron chi connectivity index (χ3n) is 11.4. The molecule has 9 rings (SSSR count). The predicted molar refractivity (Wildman–Crippen MR) is 173 cm³/mol. The van der Waals surface area contributed by atoms with Crippen LogP contribution in [0.1, 0.15) is 61.4 Å². The summed E-state index contributed by atoms with van der Waals surface area (Å²) >= 11 is 0. The summed E-state index contributed by atoms with van der Waals surface area (Å²) in [4.78, 5) is 25.1. The number of piperidine rings is 1. The number of halogens is 3. The summed E-state index contributed by atoms with van der Waals surface area (Å²) in [6, 6.07) is 13.6. The first-order valence-electron chi connectivity index (χ1n) is 16.5. The number of carbonyl (C=O) groups is 1. The van der Waals surface area contributed by atoms with Crippen molar-refractivity contribution in [2.75, 3.05) is 31.1 Å². The first-order chi connectivity index (χ1) is 22.4. The van der Waals surface area contributed by atoms with Crippen LogP contribution in [0, 0.1) is 29.1 Å². The van der Waals surface area contributed by atoms with Crippen LogP contribution in [0.5, 0.6) is 0 Å². The van der Waals surface area contributed by atoms with Crippen LogP contribution in [-0.4, -0.2) is 63.2 Å². The van der Waals surface area contributed by atoms with Gasteiger partial charge in [0.1, 0.15) is 23.9 Å². The first-order valence-corrected chi connectivity index (χ1v) is 16.5. The maximum Gasteiger partial charge on any atom is 0.393 e. The molecule has 0 radical (unpaired) electrons. The molecule has 1 N–H and O–H groups in total. The molecule has 0 unspecified atom stereocenters. The number of nitrogens with zero attached hydrogens (tertiary/aromatic N) is 6. The second kappa shape index (κ2) is 10.4. The minimum Gasteiger partial charge on any atom is -0.355 e. The highest BCUT2D eigenvalue weighted by Crippen LogP contribution is 2.68. The Morgan fingerprint density at radius 2 is 1.79 bits per heavy atom. The molecule has 8 nitrogen and oxygen atoms in total. The molecule has 3 saturated carbocycles. The number of aromatic nitrogens is 3. The van der Waals surface area contributed by atoms with Crippen molar-refractivity contribution in [1.29, 1.82) is 5.26 Å². The number of rotatable bonds is 7. The Bertz CT molecular complexity index is 1940. The van der Waals surface area contributed by atoms with Gasteiger partial charge in [0.25, 0.3) is 0 Å². The summed E-state index contributed by atoms with van der Waals surface area (Å²) in [6.07, 6.45) is 1.34. The zero-order valence-corrected chi connectivity index (χ0v) is 26.8. The van der Waals surface area contributed by atoms with Crippen LogP contribution in [0.3, 0.4) is 0 Å². The number of nitriles is 1. The van der Waals surface area contributed by atoms with Gasteiger partial charge in [0, 0.05) is 60.3 Å². The second-order valence-electron chi connectivity index (χ2n) is 15.0. The molecule has 5 fully saturated rings. The van der Waals surface area contributed by atoms with Crippen LogP contribution in [-0.2, 0) is 24.3 Å². The van der Waals surface area contributed by atoms with E-state index in [0.717, 1.165) is 88.1 Å². The maximum atomic E-state index is 13.1. The number of hydrogen-bond donors (Lipinski definition) is 1. The normalized spacial score (nSPS) is 24.9. The summed E-state index contributed by atoms with van der Waals surface area (Å²) in [7, 11) is 0. The van der Waals surface area contributed by atoms with Gasteiger partial charge in [0.05, 0.1) is 11.9 Å². The Labute approximate surface area is 271 Å². The Morgan fingerprint density at radius 3 is 2.47 bits per heavy atom. The fraction of sp³-hybridized carbons (Fsp3) is 0.500. The number of likely N-dealkylation sites (tertiary alicyclic amines) is 1. The van der Waals surface area contributed by atoms with Gasteiger partial charge in [-0.1, -0.05) is 12.1 Å². The summed E-state index contributed by atoms with van der Waals surface area (Å²) in [5.74, 6) is 0.755. The fourth-order valence-electron chi connectivity index (χ4n) is 9.30. The van der Waals surface area contributed by atoms with Crippen molar-refractivity contribution in [3.05, 3.63) is 65.1 Å². The van der Waals surface area contributed by atoms with Gasteiger partial charge in [0.15, 0.2) is 0 Å². The molecule has 2 aromatic carbocycles. The number of benzene rings is 2. The van der Waals surface area contributed by atoms with Gasteiger partial charge in [-0.2, -0.15) is 18.4 Å². The van der Waals surface area contributed by atoms with E-state index >= 15 is 0 Å². The molecular formula is C36H38F3N7O. The summed E-state index contributed by atoms with van der Waals surface area (Å²) in [6.45, 7) is 9.07. The molecule has 5 aliphatic rings.